The second-order valence-electron chi connectivity index (χ2n) is 6.75. The van der Waals surface area contributed by atoms with Gasteiger partial charge in [0.15, 0.2) is 0 Å². The van der Waals surface area contributed by atoms with Gasteiger partial charge in [0.05, 0.1) is 0 Å². The molecule has 1 aromatic rings. The van der Waals surface area contributed by atoms with Gasteiger partial charge in [0, 0.05) is 50.6 Å². The minimum absolute atomic E-state index is 0.506. The van der Waals surface area contributed by atoms with E-state index in [9.17, 15) is 0 Å². The first-order chi connectivity index (χ1) is 10.7. The van der Waals surface area contributed by atoms with E-state index in [1.165, 1.54) is 55.2 Å². The van der Waals surface area contributed by atoms with Crippen molar-refractivity contribution in [2.75, 3.05) is 51.3 Å². The highest BCUT2D eigenvalue weighted by Crippen LogP contribution is 2.27. The van der Waals surface area contributed by atoms with Crippen LogP contribution in [0.1, 0.15) is 24.1 Å². The predicted octanol–water partition coefficient (Wildman–Crippen LogP) is 2.24. The number of nitrogens with one attached hydrogen (secondary N) is 1. The maximum atomic E-state index is 3.90. The Morgan fingerprint density at radius 1 is 1.23 bits per heavy atom. The zero-order valence-electron chi connectivity index (χ0n) is 13.9. The highest BCUT2D eigenvalue weighted by Gasteiger charge is 2.22. The lowest BCUT2D eigenvalue weighted by Gasteiger charge is -2.35. The molecule has 1 N–H and O–H groups in total. The van der Waals surface area contributed by atoms with Gasteiger partial charge >= 0.3 is 0 Å². The second kappa shape index (κ2) is 7.82. The molecule has 1 aromatic carbocycles. The third-order valence-electron chi connectivity index (χ3n) is 4.84. The van der Waals surface area contributed by atoms with E-state index in [-0.39, 0.29) is 0 Å². The smallest absolute Gasteiger partial charge is 0.0417 e. The molecular weight excluding hydrogens is 290 g/mol. The van der Waals surface area contributed by atoms with Gasteiger partial charge in [-0.15, -0.1) is 0 Å². The molecule has 22 heavy (non-hydrogen) atoms. The lowest BCUT2D eigenvalue weighted by atomic mass is 9.99. The number of fused-ring (bicyclic) bond motifs is 1. The van der Waals surface area contributed by atoms with Crippen molar-refractivity contribution in [3.05, 3.63) is 35.4 Å². The minimum atomic E-state index is 0.506. The number of benzene rings is 1. The molecule has 2 aliphatic heterocycles. The van der Waals surface area contributed by atoms with E-state index in [4.69, 9.17) is 0 Å². The van der Waals surface area contributed by atoms with Gasteiger partial charge in [0.25, 0.3) is 0 Å². The predicted molar refractivity (Wildman–Crippen MR) is 96.7 cm³/mol. The molecule has 3 nitrogen and oxygen atoms in total. The molecule has 0 radical (unpaired) electrons. The molecular formula is C18H29N3S. The van der Waals surface area contributed by atoms with Gasteiger partial charge in [-0.25, -0.2) is 0 Å². The molecule has 3 rings (SSSR count). The molecule has 122 valence electrons. The fourth-order valence-corrected chi connectivity index (χ4v) is 4.57. The van der Waals surface area contributed by atoms with Gasteiger partial charge in [0.1, 0.15) is 0 Å². The van der Waals surface area contributed by atoms with E-state index < -0.39 is 0 Å². The first-order valence-electron chi connectivity index (χ1n) is 8.55. The van der Waals surface area contributed by atoms with Gasteiger partial charge in [0.2, 0.25) is 0 Å². The van der Waals surface area contributed by atoms with Crippen molar-refractivity contribution in [3.63, 3.8) is 0 Å². The SMILES string of the molecule is C[C@H](CN1CCN(C)CC1)N[C@@H]1CSCCc2ccccc21. The number of rotatable bonds is 4. The van der Waals surface area contributed by atoms with Crippen molar-refractivity contribution >= 4 is 11.8 Å². The summed E-state index contributed by atoms with van der Waals surface area (Å²) in [7, 11) is 2.22. The van der Waals surface area contributed by atoms with Crippen LogP contribution in [0.5, 0.6) is 0 Å². The monoisotopic (exact) mass is 319 g/mol. The van der Waals surface area contributed by atoms with E-state index in [0.29, 0.717) is 12.1 Å². The Hall–Kier alpha value is -0.550. The van der Waals surface area contributed by atoms with Crippen LogP contribution in [0.2, 0.25) is 0 Å². The van der Waals surface area contributed by atoms with Crippen molar-refractivity contribution in [3.8, 4) is 0 Å². The van der Waals surface area contributed by atoms with E-state index in [1.54, 1.807) is 0 Å². The van der Waals surface area contributed by atoms with Crippen LogP contribution in [0.15, 0.2) is 24.3 Å². The van der Waals surface area contributed by atoms with Crippen molar-refractivity contribution in [2.45, 2.75) is 25.4 Å². The van der Waals surface area contributed by atoms with Crippen LogP contribution in [-0.4, -0.2) is 67.1 Å². The Balaban J connectivity index is 1.58. The summed E-state index contributed by atoms with van der Waals surface area (Å²) in [4.78, 5) is 5.03. The Bertz CT molecular complexity index is 471. The van der Waals surface area contributed by atoms with Crippen LogP contribution in [-0.2, 0) is 6.42 Å². The fourth-order valence-electron chi connectivity index (χ4n) is 3.53. The number of likely N-dealkylation sites (N-methyl/N-ethyl adjacent to an activating group) is 1. The Morgan fingerprint density at radius 2 is 2.00 bits per heavy atom. The average molecular weight is 320 g/mol. The van der Waals surface area contributed by atoms with Crippen LogP contribution in [0.4, 0.5) is 0 Å². The third-order valence-corrected chi connectivity index (χ3v) is 5.91. The van der Waals surface area contributed by atoms with Gasteiger partial charge in [-0.3, -0.25) is 4.90 Å². The normalized spacial score (nSPS) is 25.5. The number of aryl methyl sites for hydroxylation is 1. The Morgan fingerprint density at radius 3 is 2.82 bits per heavy atom. The zero-order chi connectivity index (χ0) is 15.4. The quantitative estimate of drug-likeness (QED) is 0.917. The number of hydrogen-bond acceptors (Lipinski definition) is 4. The summed E-state index contributed by atoms with van der Waals surface area (Å²) < 4.78 is 0. The van der Waals surface area contributed by atoms with Crippen molar-refractivity contribution in [2.24, 2.45) is 0 Å². The minimum Gasteiger partial charge on any atom is -0.305 e. The van der Waals surface area contributed by atoms with Gasteiger partial charge in [-0.2, -0.15) is 11.8 Å². The molecule has 0 spiro atoms. The number of hydrogen-bond donors (Lipinski definition) is 1. The van der Waals surface area contributed by atoms with Crippen LogP contribution >= 0.6 is 11.8 Å². The fraction of sp³-hybridized carbons (Fsp3) is 0.667. The summed E-state index contributed by atoms with van der Waals surface area (Å²) in [6, 6.07) is 10.0. The third kappa shape index (κ3) is 4.25. The van der Waals surface area contributed by atoms with Crippen molar-refractivity contribution < 1.29 is 0 Å². The zero-order valence-corrected chi connectivity index (χ0v) is 14.7. The highest BCUT2D eigenvalue weighted by atomic mass is 32.2. The maximum Gasteiger partial charge on any atom is 0.0417 e. The van der Waals surface area contributed by atoms with E-state index in [1.807, 2.05) is 0 Å². The van der Waals surface area contributed by atoms with Crippen LogP contribution in [0.25, 0.3) is 0 Å². The largest absolute Gasteiger partial charge is 0.305 e. The molecule has 4 heteroatoms. The molecule has 0 aliphatic carbocycles. The van der Waals surface area contributed by atoms with Gasteiger partial charge in [-0.05, 0) is 37.3 Å². The topological polar surface area (TPSA) is 18.5 Å². The summed E-state index contributed by atoms with van der Waals surface area (Å²) in [5, 5.41) is 3.90. The van der Waals surface area contributed by atoms with Crippen molar-refractivity contribution in [1.29, 1.82) is 0 Å². The molecule has 2 atom stereocenters. The average Bonchev–Trinajstić information content (AvgIpc) is 2.72. The Kier molecular flexibility index (Phi) is 5.80. The van der Waals surface area contributed by atoms with Crippen LogP contribution < -0.4 is 5.32 Å². The molecule has 0 amide bonds. The molecule has 1 saturated heterocycles. The molecule has 0 bridgehead atoms. The molecule has 0 saturated carbocycles. The van der Waals surface area contributed by atoms with Crippen molar-refractivity contribution in [1.82, 2.24) is 15.1 Å². The van der Waals surface area contributed by atoms with Crippen LogP contribution in [0.3, 0.4) is 0 Å². The summed E-state index contributed by atoms with van der Waals surface area (Å²) in [5.41, 5.74) is 3.06. The van der Waals surface area contributed by atoms with E-state index in [0.717, 1.165) is 6.54 Å². The molecule has 2 heterocycles. The molecule has 0 aromatic heterocycles. The lowest BCUT2D eigenvalue weighted by molar-refractivity contribution is 0.142. The van der Waals surface area contributed by atoms with E-state index >= 15 is 0 Å². The standard InChI is InChI=1S/C18H29N3S/c1-15(13-21-10-8-20(2)9-11-21)19-18-14-22-12-7-16-5-3-4-6-17(16)18/h3-6,15,18-19H,7-14H2,1-2H3/t15-,18-/m1/s1. The summed E-state index contributed by atoms with van der Waals surface area (Å²) in [5.74, 6) is 2.45. The van der Waals surface area contributed by atoms with Gasteiger partial charge < -0.3 is 10.2 Å². The highest BCUT2D eigenvalue weighted by molar-refractivity contribution is 7.99. The first-order valence-corrected chi connectivity index (χ1v) is 9.70. The Labute approximate surface area is 139 Å². The molecule has 2 aliphatic rings. The summed E-state index contributed by atoms with van der Waals surface area (Å²) in [6.07, 6.45) is 1.21. The number of nitrogens with zero attached hydrogens (tertiary/aromatic N) is 2. The lowest BCUT2D eigenvalue weighted by Crippen LogP contribution is -2.49. The van der Waals surface area contributed by atoms with Crippen LogP contribution in [0, 0.1) is 0 Å². The second-order valence-corrected chi connectivity index (χ2v) is 7.90. The maximum absolute atomic E-state index is 3.90. The number of thioether (sulfide) groups is 1. The molecule has 0 unspecified atom stereocenters. The summed E-state index contributed by atoms with van der Waals surface area (Å²) >= 11 is 2.09. The number of piperazine rings is 1. The molecule has 1 fully saturated rings. The summed E-state index contributed by atoms with van der Waals surface area (Å²) in [6.45, 7) is 8.33. The first kappa shape index (κ1) is 16.3. The van der Waals surface area contributed by atoms with E-state index in [2.05, 4.69) is 65.1 Å². The van der Waals surface area contributed by atoms with Gasteiger partial charge in [-0.1, -0.05) is 24.3 Å².